The first-order valence-electron chi connectivity index (χ1n) is 5.54. The third-order valence-electron chi connectivity index (χ3n) is 2.30. The van der Waals surface area contributed by atoms with Gasteiger partial charge in [-0.1, -0.05) is 6.07 Å². The van der Waals surface area contributed by atoms with Crippen molar-refractivity contribution in [2.75, 3.05) is 31.7 Å². The predicted octanol–water partition coefficient (Wildman–Crippen LogP) is 0.958. The van der Waals surface area contributed by atoms with Gasteiger partial charge in [-0.25, -0.2) is 9.68 Å². The number of rotatable bonds is 7. The Kier molecular flexibility index (Phi) is 5.93. The summed E-state index contributed by atoms with van der Waals surface area (Å²) in [6.07, 6.45) is 0. The van der Waals surface area contributed by atoms with Gasteiger partial charge in [0, 0.05) is 0 Å². The molecule has 0 unspecified atom stereocenters. The van der Waals surface area contributed by atoms with Crippen LogP contribution in [0.5, 0.6) is 0 Å². The summed E-state index contributed by atoms with van der Waals surface area (Å²) in [7, 11) is 0. The van der Waals surface area contributed by atoms with Gasteiger partial charge in [0.25, 0.3) is 0 Å². The summed E-state index contributed by atoms with van der Waals surface area (Å²) < 4.78 is 0. The molecule has 0 amide bonds. The summed E-state index contributed by atoms with van der Waals surface area (Å²) in [6.45, 7) is 4.10. The zero-order chi connectivity index (χ0) is 12.7. The number of nitrogens with zero attached hydrogens (tertiary/aromatic N) is 1. The molecule has 0 heterocycles. The van der Waals surface area contributed by atoms with E-state index in [1.54, 1.807) is 0 Å². The summed E-state index contributed by atoms with van der Waals surface area (Å²) in [5.74, 6) is 0. The second-order valence-electron chi connectivity index (χ2n) is 3.64. The Hall–Kier alpha value is -1.14. The van der Waals surface area contributed by atoms with E-state index < -0.39 is 0 Å². The molecule has 0 aliphatic rings. The lowest BCUT2D eigenvalue weighted by atomic mass is 10.1. The monoisotopic (exact) mass is 241 g/mol. The highest BCUT2D eigenvalue weighted by atomic mass is 16.9. The van der Waals surface area contributed by atoms with Crippen molar-refractivity contribution in [1.29, 1.82) is 0 Å². The number of hydrogen-bond donors (Lipinski definition) is 2. The molecular weight excluding hydrogens is 222 g/mol. The molecule has 0 saturated heterocycles. The van der Waals surface area contributed by atoms with Crippen molar-refractivity contribution in [2.45, 2.75) is 13.8 Å². The van der Waals surface area contributed by atoms with Crippen LogP contribution in [0.25, 0.3) is 0 Å². The number of benzene rings is 1. The molecule has 0 aromatic heterocycles. The second kappa shape index (κ2) is 7.24. The van der Waals surface area contributed by atoms with E-state index in [0.717, 1.165) is 11.3 Å². The number of aliphatic hydroxyl groups is 2. The normalized spacial score (nSPS) is 10.6. The fourth-order valence-corrected chi connectivity index (χ4v) is 1.27. The van der Waals surface area contributed by atoms with E-state index in [9.17, 15) is 0 Å². The topological polar surface area (TPSA) is 62.2 Å². The molecule has 0 aliphatic heterocycles. The van der Waals surface area contributed by atoms with E-state index in [1.165, 1.54) is 10.8 Å². The van der Waals surface area contributed by atoms with Crippen LogP contribution in [-0.2, 0) is 9.68 Å². The second-order valence-corrected chi connectivity index (χ2v) is 3.64. The standard InChI is InChI=1S/C12H19NO4/c1-10-3-4-12(9-11(10)2)13(16-7-5-14)17-8-6-15/h3-4,9,14-15H,5-8H2,1-2H3. The first-order valence-corrected chi connectivity index (χ1v) is 5.54. The van der Waals surface area contributed by atoms with Gasteiger partial charge in [-0.2, -0.15) is 0 Å². The lowest BCUT2D eigenvalue weighted by Crippen LogP contribution is -2.27. The maximum atomic E-state index is 8.73. The maximum Gasteiger partial charge on any atom is 0.101 e. The van der Waals surface area contributed by atoms with Gasteiger partial charge in [-0.05, 0) is 37.1 Å². The minimum atomic E-state index is -0.0934. The Bertz CT molecular complexity index is 335. The third-order valence-corrected chi connectivity index (χ3v) is 2.30. The SMILES string of the molecule is Cc1ccc(N(OCCO)OCCO)cc1C. The summed E-state index contributed by atoms with van der Waals surface area (Å²) in [5, 5.41) is 18.7. The van der Waals surface area contributed by atoms with Crippen LogP contribution in [0, 0.1) is 13.8 Å². The average molecular weight is 241 g/mol. The quantitative estimate of drug-likeness (QED) is 0.696. The summed E-state index contributed by atoms with van der Waals surface area (Å²) in [5.41, 5.74) is 3.03. The van der Waals surface area contributed by atoms with Crippen LogP contribution >= 0.6 is 0 Å². The molecule has 0 spiro atoms. The molecule has 2 N–H and O–H groups in total. The van der Waals surface area contributed by atoms with Crippen LogP contribution < -0.4 is 5.23 Å². The summed E-state index contributed by atoms with van der Waals surface area (Å²) in [6, 6.07) is 5.74. The molecule has 1 aromatic carbocycles. The Morgan fingerprint density at radius 1 is 1.00 bits per heavy atom. The van der Waals surface area contributed by atoms with Gasteiger partial charge in [-0.3, -0.25) is 0 Å². The van der Waals surface area contributed by atoms with Crippen molar-refractivity contribution in [2.24, 2.45) is 0 Å². The zero-order valence-electron chi connectivity index (χ0n) is 10.2. The molecule has 0 aliphatic carbocycles. The molecule has 1 aromatic rings. The van der Waals surface area contributed by atoms with Crippen LogP contribution in [-0.4, -0.2) is 36.6 Å². The highest BCUT2D eigenvalue weighted by molar-refractivity contribution is 5.47. The molecule has 1 rings (SSSR count). The zero-order valence-corrected chi connectivity index (χ0v) is 10.2. The van der Waals surface area contributed by atoms with Gasteiger partial charge in [-0.15, -0.1) is 5.23 Å². The predicted molar refractivity (Wildman–Crippen MR) is 64.5 cm³/mol. The molecule has 5 heteroatoms. The molecule has 96 valence electrons. The van der Waals surface area contributed by atoms with E-state index in [4.69, 9.17) is 19.9 Å². The highest BCUT2D eigenvalue weighted by Crippen LogP contribution is 2.19. The van der Waals surface area contributed by atoms with Crippen molar-refractivity contribution in [3.63, 3.8) is 0 Å². The molecule has 0 atom stereocenters. The number of hydrogen-bond acceptors (Lipinski definition) is 5. The molecule has 5 nitrogen and oxygen atoms in total. The van der Waals surface area contributed by atoms with E-state index in [1.807, 2.05) is 32.0 Å². The Balaban J connectivity index is 2.75. The van der Waals surface area contributed by atoms with Crippen molar-refractivity contribution in [1.82, 2.24) is 0 Å². The Morgan fingerprint density at radius 2 is 1.59 bits per heavy atom. The number of aryl methyl sites for hydroxylation is 2. The number of anilines is 1. The van der Waals surface area contributed by atoms with Crippen molar-refractivity contribution in [3.8, 4) is 0 Å². The van der Waals surface area contributed by atoms with Gasteiger partial charge in [0.15, 0.2) is 0 Å². The first kappa shape index (κ1) is 13.9. The maximum absolute atomic E-state index is 8.73. The summed E-state index contributed by atoms with van der Waals surface area (Å²) in [4.78, 5) is 10.4. The van der Waals surface area contributed by atoms with Gasteiger partial charge >= 0.3 is 0 Å². The van der Waals surface area contributed by atoms with E-state index in [0.29, 0.717) is 0 Å². The lowest BCUT2D eigenvalue weighted by molar-refractivity contribution is -0.103. The fourth-order valence-electron chi connectivity index (χ4n) is 1.27. The molecule has 17 heavy (non-hydrogen) atoms. The van der Waals surface area contributed by atoms with Crippen molar-refractivity contribution in [3.05, 3.63) is 29.3 Å². The van der Waals surface area contributed by atoms with Crippen LogP contribution in [0.3, 0.4) is 0 Å². The summed E-state index contributed by atoms with van der Waals surface area (Å²) >= 11 is 0. The smallest absolute Gasteiger partial charge is 0.101 e. The molecule has 0 bridgehead atoms. The van der Waals surface area contributed by atoms with E-state index in [2.05, 4.69) is 0 Å². The van der Waals surface area contributed by atoms with Crippen LogP contribution in [0.15, 0.2) is 18.2 Å². The van der Waals surface area contributed by atoms with E-state index >= 15 is 0 Å². The Morgan fingerprint density at radius 3 is 2.06 bits per heavy atom. The third kappa shape index (κ3) is 4.32. The van der Waals surface area contributed by atoms with Crippen LogP contribution in [0.2, 0.25) is 0 Å². The molecular formula is C12H19NO4. The highest BCUT2D eigenvalue weighted by Gasteiger charge is 2.08. The van der Waals surface area contributed by atoms with Gasteiger partial charge in [0.2, 0.25) is 0 Å². The fraction of sp³-hybridized carbons (Fsp3) is 0.500. The largest absolute Gasteiger partial charge is 0.394 e. The molecule has 0 fully saturated rings. The van der Waals surface area contributed by atoms with Crippen LogP contribution in [0.1, 0.15) is 11.1 Å². The van der Waals surface area contributed by atoms with Crippen LogP contribution in [0.4, 0.5) is 5.69 Å². The molecule has 0 radical (unpaired) electrons. The van der Waals surface area contributed by atoms with Crippen molar-refractivity contribution >= 4 is 5.69 Å². The minimum absolute atomic E-state index is 0.0934. The Labute approximate surface area is 101 Å². The average Bonchev–Trinajstić information content (AvgIpc) is 2.33. The minimum Gasteiger partial charge on any atom is -0.394 e. The first-order chi connectivity index (χ1) is 8.19. The van der Waals surface area contributed by atoms with Gasteiger partial charge < -0.3 is 10.2 Å². The van der Waals surface area contributed by atoms with Crippen molar-refractivity contribution < 1.29 is 19.9 Å². The lowest BCUT2D eigenvalue weighted by Gasteiger charge is -2.22. The van der Waals surface area contributed by atoms with E-state index in [-0.39, 0.29) is 26.4 Å². The van der Waals surface area contributed by atoms with Gasteiger partial charge in [0.1, 0.15) is 13.2 Å². The van der Waals surface area contributed by atoms with Gasteiger partial charge in [0.05, 0.1) is 18.9 Å². The number of aliphatic hydroxyl groups excluding tert-OH is 2. The molecule has 0 saturated carbocycles.